The number of anilines is 1. The zero-order valence-corrected chi connectivity index (χ0v) is 18.3. The molecule has 0 aliphatic carbocycles. The van der Waals surface area contributed by atoms with Crippen molar-refractivity contribution >= 4 is 23.2 Å². The number of benzene rings is 2. The Hall–Kier alpha value is -2.93. The standard InChI is InChI=1S/C24H27ClN4O2/c1-2-31-11-5-10-28-14-16-12-21(25)23(29-15-16)17-8-9-19(24(27)30)20(13-17)18-6-3-4-7-22(18)26/h3-4,6-9,12-13,15,28H,2,5,10-11,14,26H2,1H3,(H2,27,30). The fraction of sp³-hybridized carbons (Fsp3) is 0.250. The van der Waals surface area contributed by atoms with Gasteiger partial charge in [-0.2, -0.15) is 0 Å². The van der Waals surface area contributed by atoms with Crippen LogP contribution >= 0.6 is 11.6 Å². The van der Waals surface area contributed by atoms with Gasteiger partial charge in [0.1, 0.15) is 0 Å². The summed E-state index contributed by atoms with van der Waals surface area (Å²) in [7, 11) is 0. The molecule has 0 saturated carbocycles. The quantitative estimate of drug-likeness (QED) is 0.324. The first-order chi connectivity index (χ1) is 15.0. The Morgan fingerprint density at radius 3 is 2.68 bits per heavy atom. The van der Waals surface area contributed by atoms with Crippen molar-refractivity contribution < 1.29 is 9.53 Å². The molecule has 0 aliphatic heterocycles. The topological polar surface area (TPSA) is 103 Å². The molecule has 5 N–H and O–H groups in total. The Balaban J connectivity index is 1.83. The molecule has 0 unspecified atom stereocenters. The summed E-state index contributed by atoms with van der Waals surface area (Å²) >= 11 is 6.55. The lowest BCUT2D eigenvalue weighted by atomic mass is 9.94. The zero-order chi connectivity index (χ0) is 22.2. The van der Waals surface area contributed by atoms with Crippen molar-refractivity contribution in [2.24, 2.45) is 5.73 Å². The number of carbonyl (C=O) groups excluding carboxylic acids is 1. The minimum atomic E-state index is -0.519. The van der Waals surface area contributed by atoms with E-state index in [1.807, 2.05) is 37.3 Å². The van der Waals surface area contributed by atoms with E-state index in [-0.39, 0.29) is 0 Å². The third-order valence-corrected chi connectivity index (χ3v) is 5.17. The van der Waals surface area contributed by atoms with Crippen LogP contribution in [0, 0.1) is 0 Å². The molecule has 162 valence electrons. The van der Waals surface area contributed by atoms with Crippen LogP contribution in [-0.2, 0) is 11.3 Å². The molecular weight excluding hydrogens is 412 g/mol. The van der Waals surface area contributed by atoms with Crippen LogP contribution in [0.2, 0.25) is 5.02 Å². The van der Waals surface area contributed by atoms with Crippen molar-refractivity contribution in [2.75, 3.05) is 25.5 Å². The van der Waals surface area contributed by atoms with E-state index in [2.05, 4.69) is 10.3 Å². The van der Waals surface area contributed by atoms with Gasteiger partial charge in [-0.15, -0.1) is 0 Å². The van der Waals surface area contributed by atoms with Gasteiger partial charge in [-0.25, -0.2) is 0 Å². The Kier molecular flexibility index (Phi) is 8.00. The summed E-state index contributed by atoms with van der Waals surface area (Å²) in [6, 6.07) is 14.6. The van der Waals surface area contributed by atoms with Gasteiger partial charge in [0.05, 0.1) is 10.7 Å². The van der Waals surface area contributed by atoms with Crippen LogP contribution in [-0.4, -0.2) is 30.6 Å². The third-order valence-electron chi connectivity index (χ3n) is 4.88. The molecule has 0 saturated heterocycles. The van der Waals surface area contributed by atoms with Gasteiger partial charge in [0.15, 0.2) is 0 Å². The summed E-state index contributed by atoms with van der Waals surface area (Å²) in [4.78, 5) is 16.5. The fourth-order valence-electron chi connectivity index (χ4n) is 3.33. The van der Waals surface area contributed by atoms with Crippen molar-refractivity contribution in [2.45, 2.75) is 19.9 Å². The van der Waals surface area contributed by atoms with Gasteiger partial charge in [0, 0.05) is 48.3 Å². The fourth-order valence-corrected chi connectivity index (χ4v) is 3.63. The molecular formula is C24H27ClN4O2. The number of nitrogens with two attached hydrogens (primary N) is 2. The smallest absolute Gasteiger partial charge is 0.249 e. The maximum Gasteiger partial charge on any atom is 0.249 e. The SMILES string of the molecule is CCOCCCNCc1cnc(-c2ccc(C(N)=O)c(-c3ccccc3N)c2)c(Cl)c1. The van der Waals surface area contributed by atoms with Gasteiger partial charge in [0.2, 0.25) is 5.91 Å². The number of carbonyl (C=O) groups is 1. The van der Waals surface area contributed by atoms with Crippen molar-refractivity contribution in [3.05, 3.63) is 70.9 Å². The molecule has 0 bridgehead atoms. The predicted octanol–water partition coefficient (Wildman–Crippen LogP) is 4.27. The van der Waals surface area contributed by atoms with E-state index in [0.29, 0.717) is 34.1 Å². The maximum absolute atomic E-state index is 12.0. The Morgan fingerprint density at radius 1 is 1.16 bits per heavy atom. The number of pyridine rings is 1. The van der Waals surface area contributed by atoms with E-state index in [1.54, 1.807) is 24.4 Å². The van der Waals surface area contributed by atoms with Crippen LogP contribution < -0.4 is 16.8 Å². The molecule has 0 radical (unpaired) electrons. The molecule has 2 aromatic carbocycles. The number of nitrogens with one attached hydrogen (secondary N) is 1. The molecule has 3 rings (SSSR count). The number of primary amides is 1. The molecule has 6 nitrogen and oxygen atoms in total. The van der Waals surface area contributed by atoms with Crippen molar-refractivity contribution in [1.82, 2.24) is 10.3 Å². The Labute approximate surface area is 187 Å². The van der Waals surface area contributed by atoms with Crippen LogP contribution in [0.4, 0.5) is 5.69 Å². The molecule has 0 spiro atoms. The van der Waals surface area contributed by atoms with Gasteiger partial charge < -0.3 is 21.5 Å². The summed E-state index contributed by atoms with van der Waals surface area (Å²) in [5, 5.41) is 3.89. The van der Waals surface area contributed by atoms with Crippen LogP contribution in [0.3, 0.4) is 0 Å². The lowest BCUT2D eigenvalue weighted by Crippen LogP contribution is -2.16. The Morgan fingerprint density at radius 2 is 1.97 bits per heavy atom. The van der Waals surface area contributed by atoms with Crippen molar-refractivity contribution in [1.29, 1.82) is 0 Å². The molecule has 0 atom stereocenters. The van der Waals surface area contributed by atoms with Gasteiger partial charge in [-0.05, 0) is 55.3 Å². The van der Waals surface area contributed by atoms with Crippen LogP contribution in [0.15, 0.2) is 54.7 Å². The highest BCUT2D eigenvalue weighted by Crippen LogP contribution is 2.34. The van der Waals surface area contributed by atoms with Crippen molar-refractivity contribution in [3.63, 3.8) is 0 Å². The van der Waals surface area contributed by atoms with Crippen LogP contribution in [0.5, 0.6) is 0 Å². The summed E-state index contributed by atoms with van der Waals surface area (Å²) < 4.78 is 5.33. The number of ether oxygens (including phenoxy) is 1. The largest absolute Gasteiger partial charge is 0.398 e. The average molecular weight is 439 g/mol. The Bertz CT molecular complexity index is 1060. The number of rotatable bonds is 10. The first-order valence-electron chi connectivity index (χ1n) is 10.2. The van der Waals surface area contributed by atoms with Gasteiger partial charge in [-0.3, -0.25) is 9.78 Å². The summed E-state index contributed by atoms with van der Waals surface area (Å²) in [5.41, 5.74) is 16.5. The number of amides is 1. The van der Waals surface area contributed by atoms with E-state index < -0.39 is 5.91 Å². The monoisotopic (exact) mass is 438 g/mol. The third kappa shape index (κ3) is 5.82. The molecule has 7 heteroatoms. The molecule has 31 heavy (non-hydrogen) atoms. The molecule has 3 aromatic rings. The molecule has 1 aromatic heterocycles. The lowest BCUT2D eigenvalue weighted by molar-refractivity contribution is 0.100. The minimum absolute atomic E-state index is 0.394. The number of hydrogen-bond donors (Lipinski definition) is 3. The average Bonchev–Trinajstić information content (AvgIpc) is 2.76. The van der Waals surface area contributed by atoms with E-state index in [4.69, 9.17) is 27.8 Å². The van der Waals surface area contributed by atoms with Crippen LogP contribution in [0.25, 0.3) is 22.4 Å². The van der Waals surface area contributed by atoms with E-state index in [9.17, 15) is 4.79 Å². The number of nitrogen functional groups attached to an aromatic ring is 1. The molecule has 1 amide bonds. The number of aromatic nitrogens is 1. The minimum Gasteiger partial charge on any atom is -0.398 e. The van der Waals surface area contributed by atoms with Gasteiger partial charge >= 0.3 is 0 Å². The van der Waals surface area contributed by atoms with Crippen molar-refractivity contribution in [3.8, 4) is 22.4 Å². The predicted molar refractivity (Wildman–Crippen MR) is 126 cm³/mol. The molecule has 1 heterocycles. The van der Waals surface area contributed by atoms with E-state index >= 15 is 0 Å². The lowest BCUT2D eigenvalue weighted by Gasteiger charge is -2.13. The number of halogens is 1. The van der Waals surface area contributed by atoms with Gasteiger partial charge in [0.25, 0.3) is 0 Å². The van der Waals surface area contributed by atoms with E-state index in [1.165, 1.54) is 0 Å². The first-order valence-corrected chi connectivity index (χ1v) is 10.6. The van der Waals surface area contributed by atoms with Gasteiger partial charge in [-0.1, -0.05) is 35.9 Å². The summed E-state index contributed by atoms with van der Waals surface area (Å²) in [5.74, 6) is -0.519. The van der Waals surface area contributed by atoms with E-state index in [0.717, 1.165) is 42.9 Å². The summed E-state index contributed by atoms with van der Waals surface area (Å²) in [6.45, 7) is 5.00. The highest BCUT2D eigenvalue weighted by atomic mass is 35.5. The second kappa shape index (κ2) is 10.9. The number of hydrogen-bond acceptors (Lipinski definition) is 5. The summed E-state index contributed by atoms with van der Waals surface area (Å²) in [6.07, 6.45) is 2.75. The highest BCUT2D eigenvalue weighted by molar-refractivity contribution is 6.33. The van der Waals surface area contributed by atoms with Crippen LogP contribution in [0.1, 0.15) is 29.3 Å². The number of nitrogens with zero attached hydrogens (tertiary/aromatic N) is 1. The molecule has 0 aliphatic rings. The first kappa shape index (κ1) is 22.7. The second-order valence-electron chi connectivity index (χ2n) is 7.11. The second-order valence-corrected chi connectivity index (χ2v) is 7.52. The number of para-hydroxylation sites is 1. The molecule has 0 fully saturated rings. The maximum atomic E-state index is 12.0. The normalized spacial score (nSPS) is 10.9. The highest BCUT2D eigenvalue weighted by Gasteiger charge is 2.15. The zero-order valence-electron chi connectivity index (χ0n) is 17.5.